The number of fused-ring (bicyclic) bond motifs is 3. The Kier molecular flexibility index (Phi) is 14.7. The van der Waals surface area contributed by atoms with Crippen molar-refractivity contribution in [3.05, 3.63) is 230 Å². The molecule has 0 unspecified atom stereocenters. The van der Waals surface area contributed by atoms with Crippen LogP contribution in [0.25, 0.3) is 89.1 Å². The van der Waals surface area contributed by atoms with E-state index in [1.54, 1.807) is 18.2 Å². The molecule has 0 bridgehead atoms. The van der Waals surface area contributed by atoms with Crippen LogP contribution in [-0.2, 0) is 20.1 Å². The second-order valence-corrected chi connectivity index (χ2v) is 18.2. The molecule has 1 aliphatic rings. The van der Waals surface area contributed by atoms with E-state index >= 15 is 0 Å². The Morgan fingerprint density at radius 2 is 1.04 bits per heavy atom. The van der Waals surface area contributed by atoms with Gasteiger partial charge < -0.3 is 19.2 Å². The van der Waals surface area contributed by atoms with E-state index in [4.69, 9.17) is 14.4 Å². The monoisotopic (exact) mass is 1130 g/mol. The van der Waals surface area contributed by atoms with Gasteiger partial charge in [0.05, 0.1) is 5.82 Å². The number of benzene rings is 7. The second kappa shape index (κ2) is 21.4. The molecule has 0 amide bonds. The zero-order chi connectivity index (χ0) is 49.2. The molecule has 1 aliphatic heterocycles. The summed E-state index contributed by atoms with van der Waals surface area (Å²) < 4.78 is 46.7. The average Bonchev–Trinajstić information content (AvgIpc) is 4.04. The SMILES string of the molecule is CCN1C=CN(c2cc(-c3c(C(C)C)cc(-c4ccccc4)cc3C(C)C)cc(-c3[c-]cc(F)cc3)n2)[CH-]1.Fc1c[c-]c(-c2cc(-c3ccc4c(c3)oc3ccccc34)cc(-c3[c-]cc(F)cc3)n2)cc1.[Ir]. The average molecular weight is 1130 g/mol. The maximum Gasteiger partial charge on any atom is 0.136 e. The van der Waals surface area contributed by atoms with Crippen molar-refractivity contribution >= 4 is 27.8 Å². The topological polar surface area (TPSA) is 45.4 Å². The molecule has 0 saturated carbocycles. The van der Waals surface area contributed by atoms with Gasteiger partial charge in [-0.15, -0.1) is 96.2 Å². The van der Waals surface area contributed by atoms with Crippen LogP contribution in [0.3, 0.4) is 0 Å². The number of hydrogen-bond donors (Lipinski definition) is 0. The number of pyridine rings is 2. The summed E-state index contributed by atoms with van der Waals surface area (Å²) in [5, 5.41) is 2.11. The van der Waals surface area contributed by atoms with Crippen LogP contribution in [0.15, 0.2) is 181 Å². The molecule has 7 aromatic carbocycles. The zero-order valence-corrected chi connectivity index (χ0v) is 42.7. The Bertz CT molecular complexity index is 3440. The van der Waals surface area contributed by atoms with Gasteiger partial charge in [0, 0.05) is 48.3 Å². The molecule has 361 valence electrons. The van der Waals surface area contributed by atoms with Crippen molar-refractivity contribution in [3.63, 3.8) is 0 Å². The molecule has 0 aliphatic carbocycles. The van der Waals surface area contributed by atoms with Crippen molar-refractivity contribution in [3.8, 4) is 67.2 Å². The number of nitrogens with zero attached hydrogens (tertiary/aromatic N) is 4. The molecular weight excluding hydrogens is 1080 g/mol. The van der Waals surface area contributed by atoms with Crippen molar-refractivity contribution in [1.82, 2.24) is 14.9 Å². The summed E-state index contributed by atoms with van der Waals surface area (Å²) in [4.78, 5) is 13.9. The Morgan fingerprint density at radius 1 is 0.514 bits per heavy atom. The number of hydrogen-bond acceptors (Lipinski definition) is 5. The Balaban J connectivity index is 0.000000177. The Hall–Kier alpha value is -7.58. The quantitative estimate of drug-likeness (QED) is 0.128. The second-order valence-electron chi connectivity index (χ2n) is 18.2. The van der Waals surface area contributed by atoms with Crippen molar-refractivity contribution < 1.29 is 37.7 Å². The minimum Gasteiger partial charge on any atom is -0.508 e. The van der Waals surface area contributed by atoms with Gasteiger partial charge in [-0.25, -0.2) is 0 Å². The number of para-hydroxylation sites is 1. The first-order valence-corrected chi connectivity index (χ1v) is 23.8. The van der Waals surface area contributed by atoms with Gasteiger partial charge in [0.2, 0.25) is 0 Å². The molecule has 4 heterocycles. The summed E-state index contributed by atoms with van der Waals surface area (Å²) in [5.74, 6) is 0.420. The maximum absolute atomic E-state index is 13.7. The summed E-state index contributed by atoms with van der Waals surface area (Å²) in [6.07, 6.45) is 4.07. The molecule has 0 spiro atoms. The standard InChI is InChI=1S/C34H34FN3.C29H15F2NO.Ir/c1-6-37-16-17-38(22-37)33-21-28(20-32(36-33)26-12-14-29(35)15-13-26)34-30(23(2)3)18-27(19-31(34)24(4)5)25-10-8-7-9-11-25;30-22-10-5-18(6-11-22)26-15-21(16-27(32-26)19-7-12-23(31)13-8-19)20-9-14-25-24-3-1-2-4-28(24)33-29(25)17-20;/h7-12,14-24H,6H2,1-5H3;1-5,7,9-17H;/q2*-2;. The molecule has 9 heteroatoms. The van der Waals surface area contributed by atoms with Gasteiger partial charge in [0.25, 0.3) is 0 Å². The van der Waals surface area contributed by atoms with E-state index in [1.165, 1.54) is 64.2 Å². The van der Waals surface area contributed by atoms with Crippen LogP contribution in [0.2, 0.25) is 0 Å². The van der Waals surface area contributed by atoms with Crippen LogP contribution in [-0.4, -0.2) is 21.4 Å². The molecule has 10 aromatic rings. The van der Waals surface area contributed by atoms with Gasteiger partial charge >= 0.3 is 0 Å². The van der Waals surface area contributed by atoms with Crippen molar-refractivity contribution in [2.24, 2.45) is 0 Å². The molecule has 1 radical (unpaired) electrons. The summed E-state index contributed by atoms with van der Waals surface area (Å²) >= 11 is 0. The largest absolute Gasteiger partial charge is 0.508 e. The van der Waals surface area contributed by atoms with Crippen LogP contribution in [0.1, 0.15) is 57.6 Å². The van der Waals surface area contributed by atoms with E-state index in [9.17, 15) is 13.2 Å². The van der Waals surface area contributed by atoms with Crippen molar-refractivity contribution in [1.29, 1.82) is 0 Å². The van der Waals surface area contributed by atoms with Gasteiger partial charge in [-0.05, 0) is 117 Å². The molecule has 5 nitrogen and oxygen atoms in total. The molecule has 0 fully saturated rings. The van der Waals surface area contributed by atoms with E-state index < -0.39 is 0 Å². The minimum atomic E-state index is -0.364. The van der Waals surface area contributed by atoms with Crippen molar-refractivity contribution in [2.75, 3.05) is 11.4 Å². The molecule has 72 heavy (non-hydrogen) atoms. The van der Waals surface area contributed by atoms with Crippen LogP contribution in [0.5, 0.6) is 0 Å². The fraction of sp³-hybridized carbons (Fsp3) is 0.127. The Morgan fingerprint density at radius 3 is 1.58 bits per heavy atom. The molecule has 11 rings (SSSR count). The zero-order valence-electron chi connectivity index (χ0n) is 40.3. The third-order valence-corrected chi connectivity index (χ3v) is 12.7. The van der Waals surface area contributed by atoms with Crippen LogP contribution >= 0.6 is 0 Å². The van der Waals surface area contributed by atoms with Crippen LogP contribution in [0.4, 0.5) is 19.0 Å². The molecule has 0 atom stereocenters. The summed E-state index contributed by atoms with van der Waals surface area (Å²) in [6, 6.07) is 59.6. The first-order valence-electron chi connectivity index (χ1n) is 23.8. The van der Waals surface area contributed by atoms with Gasteiger partial charge in [-0.3, -0.25) is 18.2 Å². The number of halogens is 3. The third kappa shape index (κ3) is 10.5. The van der Waals surface area contributed by atoms with E-state index in [-0.39, 0.29) is 37.6 Å². The van der Waals surface area contributed by atoms with Gasteiger partial charge in [0.15, 0.2) is 0 Å². The van der Waals surface area contributed by atoms with E-state index in [2.05, 4.69) is 119 Å². The minimum absolute atomic E-state index is 0. The molecule has 0 N–H and O–H groups in total. The number of furan rings is 1. The summed E-state index contributed by atoms with van der Waals surface area (Å²) in [5.41, 5.74) is 15.0. The van der Waals surface area contributed by atoms with Gasteiger partial charge in [-0.2, -0.15) is 0 Å². The van der Waals surface area contributed by atoms with Crippen LogP contribution < -0.4 is 4.90 Å². The van der Waals surface area contributed by atoms with Crippen LogP contribution in [0, 0.1) is 42.3 Å². The number of aromatic nitrogens is 2. The maximum atomic E-state index is 13.7. The van der Waals surface area contributed by atoms with Gasteiger partial charge in [0.1, 0.15) is 11.2 Å². The van der Waals surface area contributed by atoms with E-state index in [0.717, 1.165) is 62.2 Å². The Labute approximate surface area is 432 Å². The summed E-state index contributed by atoms with van der Waals surface area (Å²) in [7, 11) is 0. The fourth-order valence-corrected chi connectivity index (χ4v) is 8.95. The smallest absolute Gasteiger partial charge is 0.136 e. The normalized spacial score (nSPS) is 12.2. The molecule has 0 saturated heterocycles. The van der Waals surface area contributed by atoms with E-state index in [0.29, 0.717) is 34.4 Å². The van der Waals surface area contributed by atoms with E-state index in [1.807, 2.05) is 71.9 Å². The fourth-order valence-electron chi connectivity index (χ4n) is 8.95. The first kappa shape index (κ1) is 49.4. The first-order chi connectivity index (χ1) is 34.5. The third-order valence-electron chi connectivity index (χ3n) is 12.7. The molecular formula is C63H49F3IrN4O-4. The van der Waals surface area contributed by atoms with Gasteiger partial charge in [-0.1, -0.05) is 120 Å². The molecule has 3 aromatic heterocycles. The summed E-state index contributed by atoms with van der Waals surface area (Å²) in [6.45, 7) is 14.1. The number of rotatable bonds is 10. The predicted octanol–water partition coefficient (Wildman–Crippen LogP) is 16.9. The van der Waals surface area contributed by atoms with Crippen molar-refractivity contribution in [2.45, 2.75) is 46.5 Å². The predicted molar refractivity (Wildman–Crippen MR) is 281 cm³/mol. The number of anilines is 1.